The molecule has 2 rings (SSSR count). The Balaban J connectivity index is 2.02. The summed E-state index contributed by atoms with van der Waals surface area (Å²) in [7, 11) is 0. The lowest BCUT2D eigenvalue weighted by Gasteiger charge is -2.29. The Morgan fingerprint density at radius 2 is 2.35 bits per heavy atom. The number of amides is 2. The van der Waals surface area contributed by atoms with E-state index in [1.54, 1.807) is 4.90 Å². The number of piperidine rings is 1. The second-order valence-electron chi connectivity index (χ2n) is 4.77. The summed E-state index contributed by atoms with van der Waals surface area (Å²) in [5.41, 5.74) is 0.665. The number of hydrogen-bond acceptors (Lipinski definition) is 3. The van der Waals surface area contributed by atoms with Gasteiger partial charge >= 0.3 is 6.03 Å². The van der Waals surface area contributed by atoms with Gasteiger partial charge in [0.2, 0.25) is 0 Å². The third-order valence-corrected chi connectivity index (χ3v) is 3.32. The number of likely N-dealkylation sites (tertiary alicyclic amines) is 1. The highest BCUT2D eigenvalue weighted by Gasteiger charge is 2.23. The quantitative estimate of drug-likeness (QED) is 0.921. The van der Waals surface area contributed by atoms with E-state index in [1.165, 1.54) is 0 Å². The summed E-state index contributed by atoms with van der Waals surface area (Å²) in [5, 5.41) is 11.8. The first kappa shape index (κ1) is 14.2. The predicted octanol–water partition coefficient (Wildman–Crippen LogP) is 2.85. The van der Waals surface area contributed by atoms with Crippen LogP contribution in [-0.2, 0) is 0 Å². The van der Waals surface area contributed by atoms with Crippen LogP contribution in [-0.4, -0.2) is 30.6 Å². The van der Waals surface area contributed by atoms with Gasteiger partial charge in [-0.2, -0.15) is 5.26 Å². The molecule has 1 saturated heterocycles. The fraction of sp³-hybridized carbons (Fsp3) is 0.467. The Labute approximate surface area is 119 Å². The van der Waals surface area contributed by atoms with Crippen molar-refractivity contribution < 1.29 is 9.53 Å². The summed E-state index contributed by atoms with van der Waals surface area (Å²) < 4.78 is 5.48. The molecule has 2 amide bonds. The van der Waals surface area contributed by atoms with E-state index in [4.69, 9.17) is 10.00 Å². The lowest BCUT2D eigenvalue weighted by Crippen LogP contribution is -2.42. The Hall–Kier alpha value is -2.22. The maximum atomic E-state index is 12.2. The molecule has 0 saturated carbocycles. The highest BCUT2D eigenvalue weighted by molar-refractivity contribution is 5.91. The zero-order chi connectivity index (χ0) is 14.4. The lowest BCUT2D eigenvalue weighted by molar-refractivity contribution is 0.189. The molecule has 1 atom stereocenters. The minimum Gasteiger partial charge on any atom is -0.492 e. The Bertz CT molecular complexity index is 510. The van der Waals surface area contributed by atoms with Crippen molar-refractivity contribution in [1.29, 1.82) is 5.26 Å². The normalized spacial score (nSPS) is 18.2. The molecule has 20 heavy (non-hydrogen) atoms. The third-order valence-electron chi connectivity index (χ3n) is 3.32. The van der Waals surface area contributed by atoms with Gasteiger partial charge in [-0.05, 0) is 31.9 Å². The van der Waals surface area contributed by atoms with Crippen LogP contribution in [0.2, 0.25) is 0 Å². The molecule has 1 aromatic carbocycles. The van der Waals surface area contributed by atoms with E-state index >= 15 is 0 Å². The molecule has 0 radical (unpaired) electrons. The summed E-state index contributed by atoms with van der Waals surface area (Å²) in [6.45, 7) is 3.65. The van der Waals surface area contributed by atoms with Gasteiger partial charge in [0.25, 0.3) is 0 Å². The molecule has 5 heteroatoms. The number of anilines is 1. The summed E-state index contributed by atoms with van der Waals surface area (Å²) in [6, 6.07) is 9.43. The van der Waals surface area contributed by atoms with Crippen molar-refractivity contribution >= 4 is 11.7 Å². The van der Waals surface area contributed by atoms with Crippen molar-refractivity contribution in [3.8, 4) is 11.8 Å². The summed E-state index contributed by atoms with van der Waals surface area (Å²) >= 11 is 0. The van der Waals surface area contributed by atoms with E-state index in [0.29, 0.717) is 31.1 Å². The first-order valence-corrected chi connectivity index (χ1v) is 6.92. The highest BCUT2D eigenvalue weighted by atomic mass is 16.5. The summed E-state index contributed by atoms with van der Waals surface area (Å²) in [4.78, 5) is 13.9. The number of carbonyl (C=O) groups excluding carboxylic acids is 1. The largest absolute Gasteiger partial charge is 0.492 e. The Kier molecular flexibility index (Phi) is 4.83. The zero-order valence-corrected chi connectivity index (χ0v) is 11.6. The van der Waals surface area contributed by atoms with E-state index in [1.807, 2.05) is 31.2 Å². The van der Waals surface area contributed by atoms with Crippen molar-refractivity contribution in [2.75, 3.05) is 25.0 Å². The number of ether oxygens (including phenoxy) is 1. The average Bonchev–Trinajstić information content (AvgIpc) is 2.49. The molecule has 1 fully saturated rings. The minimum atomic E-state index is -0.169. The Morgan fingerprint density at radius 1 is 1.55 bits per heavy atom. The summed E-state index contributed by atoms with van der Waals surface area (Å²) in [5.74, 6) is 0.605. The average molecular weight is 273 g/mol. The first-order chi connectivity index (χ1) is 9.74. The number of hydrogen-bond donors (Lipinski definition) is 1. The van der Waals surface area contributed by atoms with Crippen molar-refractivity contribution in [2.24, 2.45) is 5.92 Å². The van der Waals surface area contributed by atoms with Crippen molar-refractivity contribution in [2.45, 2.75) is 19.8 Å². The third kappa shape index (κ3) is 3.41. The number of carbonyl (C=O) groups is 1. The van der Waals surface area contributed by atoms with Crippen LogP contribution in [0.1, 0.15) is 19.8 Å². The van der Waals surface area contributed by atoms with Gasteiger partial charge in [0.05, 0.1) is 24.3 Å². The van der Waals surface area contributed by atoms with E-state index in [2.05, 4.69) is 11.4 Å². The van der Waals surface area contributed by atoms with Gasteiger partial charge in [-0.1, -0.05) is 12.1 Å². The zero-order valence-electron chi connectivity index (χ0n) is 11.6. The van der Waals surface area contributed by atoms with Crippen LogP contribution in [0.3, 0.4) is 0 Å². The molecule has 1 N–H and O–H groups in total. The van der Waals surface area contributed by atoms with Crippen LogP contribution in [0.5, 0.6) is 5.75 Å². The van der Waals surface area contributed by atoms with Crippen LogP contribution in [0.4, 0.5) is 10.5 Å². The number of benzene rings is 1. The van der Waals surface area contributed by atoms with Crippen LogP contribution in [0.25, 0.3) is 0 Å². The van der Waals surface area contributed by atoms with Crippen molar-refractivity contribution in [3.05, 3.63) is 24.3 Å². The second kappa shape index (κ2) is 6.80. The van der Waals surface area contributed by atoms with Gasteiger partial charge in [0.15, 0.2) is 0 Å². The van der Waals surface area contributed by atoms with Crippen LogP contribution >= 0.6 is 0 Å². The molecule has 0 bridgehead atoms. The fourth-order valence-electron chi connectivity index (χ4n) is 2.31. The molecule has 5 nitrogen and oxygen atoms in total. The van der Waals surface area contributed by atoms with Gasteiger partial charge in [0.1, 0.15) is 5.75 Å². The second-order valence-corrected chi connectivity index (χ2v) is 4.77. The number of nitrogens with one attached hydrogen (secondary N) is 1. The minimum absolute atomic E-state index is 0.0587. The van der Waals surface area contributed by atoms with Crippen LogP contribution in [0, 0.1) is 17.2 Å². The molecule has 106 valence electrons. The topological polar surface area (TPSA) is 65.4 Å². The van der Waals surface area contributed by atoms with Gasteiger partial charge in [0, 0.05) is 13.1 Å². The molecular formula is C15H19N3O2. The SMILES string of the molecule is CCOc1ccccc1NC(=O)N1CCC[C@H](C#N)C1. The fourth-order valence-corrected chi connectivity index (χ4v) is 2.31. The van der Waals surface area contributed by atoms with Crippen molar-refractivity contribution in [3.63, 3.8) is 0 Å². The number of para-hydroxylation sites is 2. The van der Waals surface area contributed by atoms with Crippen LogP contribution in [0.15, 0.2) is 24.3 Å². The van der Waals surface area contributed by atoms with Gasteiger partial charge in [-0.15, -0.1) is 0 Å². The van der Waals surface area contributed by atoms with Gasteiger partial charge in [-0.25, -0.2) is 4.79 Å². The molecule has 0 aliphatic carbocycles. The monoisotopic (exact) mass is 273 g/mol. The number of rotatable bonds is 3. The lowest BCUT2D eigenvalue weighted by atomic mass is 10.0. The number of nitriles is 1. The molecule has 1 heterocycles. The van der Waals surface area contributed by atoms with Gasteiger partial charge < -0.3 is 15.0 Å². The molecular weight excluding hydrogens is 254 g/mol. The van der Waals surface area contributed by atoms with Crippen molar-refractivity contribution in [1.82, 2.24) is 4.90 Å². The number of nitrogens with zero attached hydrogens (tertiary/aromatic N) is 2. The maximum Gasteiger partial charge on any atom is 0.321 e. The van der Waals surface area contributed by atoms with Gasteiger partial charge in [-0.3, -0.25) is 0 Å². The highest BCUT2D eigenvalue weighted by Crippen LogP contribution is 2.25. The molecule has 1 aliphatic rings. The predicted molar refractivity (Wildman–Crippen MR) is 76.5 cm³/mol. The molecule has 1 aromatic rings. The van der Waals surface area contributed by atoms with E-state index in [0.717, 1.165) is 12.8 Å². The Morgan fingerprint density at radius 3 is 3.10 bits per heavy atom. The van der Waals surface area contributed by atoms with E-state index < -0.39 is 0 Å². The van der Waals surface area contributed by atoms with E-state index in [-0.39, 0.29) is 11.9 Å². The molecule has 0 unspecified atom stereocenters. The number of urea groups is 1. The molecule has 1 aliphatic heterocycles. The maximum absolute atomic E-state index is 12.2. The smallest absolute Gasteiger partial charge is 0.321 e. The first-order valence-electron chi connectivity index (χ1n) is 6.92. The summed E-state index contributed by atoms with van der Waals surface area (Å²) in [6.07, 6.45) is 1.74. The van der Waals surface area contributed by atoms with Crippen LogP contribution < -0.4 is 10.1 Å². The standard InChI is InChI=1S/C15H19N3O2/c1-2-20-14-8-4-3-7-13(14)17-15(19)18-9-5-6-12(10-16)11-18/h3-4,7-8,12H,2,5-6,9,11H2,1H3,(H,17,19)/t12-/m1/s1. The molecule has 0 aromatic heterocycles. The molecule has 0 spiro atoms. The van der Waals surface area contributed by atoms with E-state index in [9.17, 15) is 4.79 Å².